The topological polar surface area (TPSA) is 180 Å². The van der Waals surface area contributed by atoms with Crippen LogP contribution in [0.5, 0.6) is 0 Å². The van der Waals surface area contributed by atoms with Crippen LogP contribution < -0.4 is 11.2 Å². The molecule has 4 atom stereocenters. The SMILES string of the molecule is [N-]=[N+]=NCCCCC(=O)OC[C@H]1O[C@@H](n2cc(F)c(=O)[nH]c2=O)[C@H](O)[C@@H]1O. The van der Waals surface area contributed by atoms with Gasteiger partial charge in [0.05, 0.1) is 6.20 Å². The van der Waals surface area contributed by atoms with E-state index in [4.69, 9.17) is 15.0 Å². The number of azide groups is 1. The lowest BCUT2D eigenvalue weighted by Gasteiger charge is -2.16. The van der Waals surface area contributed by atoms with Gasteiger partial charge in [-0.1, -0.05) is 5.11 Å². The zero-order chi connectivity index (χ0) is 20.0. The molecule has 148 valence electrons. The zero-order valence-corrected chi connectivity index (χ0v) is 14.0. The number of ether oxygens (including phenoxy) is 2. The number of aromatic amines is 1. The highest BCUT2D eigenvalue weighted by Gasteiger charge is 2.44. The van der Waals surface area contributed by atoms with E-state index >= 15 is 0 Å². The molecular weight excluding hydrogens is 369 g/mol. The summed E-state index contributed by atoms with van der Waals surface area (Å²) in [4.78, 5) is 38.7. The highest BCUT2D eigenvalue weighted by atomic mass is 19.1. The third-order valence-electron chi connectivity index (χ3n) is 3.90. The van der Waals surface area contributed by atoms with E-state index in [9.17, 15) is 29.0 Å². The fourth-order valence-electron chi connectivity index (χ4n) is 2.49. The fraction of sp³-hybridized carbons (Fsp3) is 0.643. The number of carbonyl (C=O) groups excluding carboxylic acids is 1. The molecule has 0 bridgehead atoms. The van der Waals surface area contributed by atoms with Crippen LogP contribution in [0.1, 0.15) is 25.5 Å². The number of aromatic nitrogens is 2. The number of aliphatic hydroxyl groups excluding tert-OH is 2. The molecule has 1 aliphatic heterocycles. The predicted molar refractivity (Wildman–Crippen MR) is 86.0 cm³/mol. The second kappa shape index (κ2) is 9.28. The summed E-state index contributed by atoms with van der Waals surface area (Å²) in [5.74, 6) is -1.85. The number of hydrogen-bond acceptors (Lipinski definition) is 8. The average Bonchev–Trinajstić information content (AvgIpc) is 2.91. The van der Waals surface area contributed by atoms with Crippen LogP contribution in [0.2, 0.25) is 0 Å². The molecule has 0 saturated carbocycles. The van der Waals surface area contributed by atoms with Crippen LogP contribution in [0.15, 0.2) is 20.9 Å². The van der Waals surface area contributed by atoms with E-state index in [0.29, 0.717) is 23.6 Å². The Morgan fingerprint density at radius 1 is 1.41 bits per heavy atom. The van der Waals surface area contributed by atoms with Gasteiger partial charge in [-0.05, 0) is 18.4 Å². The van der Waals surface area contributed by atoms with Crippen molar-refractivity contribution in [3.8, 4) is 0 Å². The number of halogens is 1. The number of esters is 1. The molecule has 0 radical (unpaired) electrons. The largest absolute Gasteiger partial charge is 0.463 e. The van der Waals surface area contributed by atoms with Gasteiger partial charge in [-0.2, -0.15) is 4.39 Å². The minimum atomic E-state index is -1.61. The number of H-pyrrole nitrogens is 1. The first-order valence-corrected chi connectivity index (χ1v) is 8.04. The maximum atomic E-state index is 13.4. The van der Waals surface area contributed by atoms with E-state index in [1.807, 2.05) is 0 Å². The van der Waals surface area contributed by atoms with Crippen molar-refractivity contribution in [3.05, 3.63) is 43.3 Å². The second-order valence-corrected chi connectivity index (χ2v) is 5.78. The first kappa shape index (κ1) is 20.6. The Balaban J connectivity index is 1.92. The van der Waals surface area contributed by atoms with E-state index in [1.54, 1.807) is 4.98 Å². The van der Waals surface area contributed by atoms with Gasteiger partial charge < -0.3 is 19.7 Å². The van der Waals surface area contributed by atoms with Gasteiger partial charge in [0.25, 0.3) is 5.56 Å². The van der Waals surface area contributed by atoms with Crippen molar-refractivity contribution in [2.75, 3.05) is 13.2 Å². The third kappa shape index (κ3) is 5.14. The van der Waals surface area contributed by atoms with Crippen molar-refractivity contribution in [2.24, 2.45) is 5.11 Å². The van der Waals surface area contributed by atoms with Gasteiger partial charge in [0.15, 0.2) is 6.23 Å². The van der Waals surface area contributed by atoms with Gasteiger partial charge >= 0.3 is 11.7 Å². The van der Waals surface area contributed by atoms with Gasteiger partial charge in [0.1, 0.15) is 24.9 Å². The van der Waals surface area contributed by atoms with E-state index in [-0.39, 0.29) is 13.0 Å². The Bertz CT molecular complexity index is 834. The number of nitrogens with one attached hydrogen (secondary N) is 1. The summed E-state index contributed by atoms with van der Waals surface area (Å²) in [6, 6.07) is 0. The summed E-state index contributed by atoms with van der Waals surface area (Å²) >= 11 is 0. The maximum absolute atomic E-state index is 13.4. The molecule has 1 aliphatic rings. The Labute approximate surface area is 150 Å². The third-order valence-corrected chi connectivity index (χ3v) is 3.90. The minimum absolute atomic E-state index is 0.0559. The van der Waals surface area contributed by atoms with Gasteiger partial charge in [-0.15, -0.1) is 0 Å². The van der Waals surface area contributed by atoms with Crippen molar-refractivity contribution in [1.29, 1.82) is 0 Å². The number of aliphatic hydroxyl groups is 2. The van der Waals surface area contributed by atoms with Crippen molar-refractivity contribution >= 4 is 5.97 Å². The highest BCUT2D eigenvalue weighted by Crippen LogP contribution is 2.28. The van der Waals surface area contributed by atoms with Gasteiger partial charge in [-0.25, -0.2) is 4.79 Å². The molecule has 0 aliphatic carbocycles. The standard InChI is InChI=1S/C14H18FN5O7/c15-7-5-20(14(25)18-12(7)24)13-11(23)10(22)8(27-13)6-26-9(21)3-1-2-4-17-19-16/h5,8,10-11,13,22-23H,1-4,6H2,(H,18,24,25)/t8-,10-,11-,13-/m1/s1. The summed E-state index contributed by atoms with van der Waals surface area (Å²) in [6.07, 6.45) is -4.19. The normalized spacial score (nSPS) is 24.4. The van der Waals surface area contributed by atoms with Gasteiger partial charge in [-0.3, -0.25) is 19.1 Å². The molecule has 0 spiro atoms. The summed E-state index contributed by atoms with van der Waals surface area (Å²) in [6.45, 7) is -0.142. The lowest BCUT2D eigenvalue weighted by Crippen LogP contribution is -2.38. The van der Waals surface area contributed by atoms with Crippen molar-refractivity contribution in [3.63, 3.8) is 0 Å². The Morgan fingerprint density at radius 2 is 2.15 bits per heavy atom. The summed E-state index contributed by atoms with van der Waals surface area (Å²) in [7, 11) is 0. The summed E-state index contributed by atoms with van der Waals surface area (Å²) in [5, 5.41) is 23.3. The summed E-state index contributed by atoms with van der Waals surface area (Å²) in [5.41, 5.74) is 5.87. The Hall–Kier alpha value is -2.73. The molecule has 2 rings (SSSR count). The van der Waals surface area contributed by atoms with Crippen molar-refractivity contribution in [2.45, 2.75) is 43.8 Å². The molecule has 1 fully saturated rings. The van der Waals surface area contributed by atoms with Crippen LogP contribution in [0.3, 0.4) is 0 Å². The summed E-state index contributed by atoms with van der Waals surface area (Å²) < 4.78 is 24.2. The van der Waals surface area contributed by atoms with Crippen LogP contribution in [0, 0.1) is 5.82 Å². The van der Waals surface area contributed by atoms with Gasteiger partial charge in [0, 0.05) is 17.9 Å². The van der Waals surface area contributed by atoms with E-state index in [2.05, 4.69) is 10.0 Å². The van der Waals surface area contributed by atoms with Crippen LogP contribution in [-0.4, -0.2) is 57.2 Å². The molecule has 0 amide bonds. The Morgan fingerprint density at radius 3 is 2.85 bits per heavy atom. The maximum Gasteiger partial charge on any atom is 0.330 e. The molecular formula is C14H18FN5O7. The van der Waals surface area contributed by atoms with Crippen LogP contribution >= 0.6 is 0 Å². The number of nitrogens with zero attached hydrogens (tertiary/aromatic N) is 4. The van der Waals surface area contributed by atoms with E-state index in [0.717, 1.165) is 0 Å². The lowest BCUT2D eigenvalue weighted by atomic mass is 10.1. The van der Waals surface area contributed by atoms with Crippen LogP contribution in [-0.2, 0) is 14.3 Å². The number of unbranched alkanes of at least 4 members (excludes halogenated alkanes) is 1. The monoisotopic (exact) mass is 387 g/mol. The predicted octanol–water partition coefficient (Wildman–Crippen LogP) is -0.681. The molecule has 13 heteroatoms. The highest BCUT2D eigenvalue weighted by molar-refractivity contribution is 5.69. The smallest absolute Gasteiger partial charge is 0.330 e. The first-order valence-electron chi connectivity index (χ1n) is 8.04. The molecule has 27 heavy (non-hydrogen) atoms. The number of hydrogen-bond donors (Lipinski definition) is 3. The zero-order valence-electron chi connectivity index (χ0n) is 14.0. The first-order chi connectivity index (χ1) is 12.8. The van der Waals surface area contributed by atoms with Crippen LogP contribution in [0.25, 0.3) is 10.4 Å². The van der Waals surface area contributed by atoms with Crippen molar-refractivity contribution in [1.82, 2.24) is 9.55 Å². The molecule has 1 aromatic rings. The molecule has 0 unspecified atom stereocenters. The second-order valence-electron chi connectivity index (χ2n) is 5.78. The minimum Gasteiger partial charge on any atom is -0.463 e. The molecule has 0 aromatic carbocycles. The molecule has 3 N–H and O–H groups in total. The molecule has 1 aromatic heterocycles. The number of carbonyl (C=O) groups is 1. The van der Waals surface area contributed by atoms with Crippen molar-refractivity contribution < 1.29 is 28.9 Å². The average molecular weight is 387 g/mol. The van der Waals surface area contributed by atoms with Gasteiger partial charge in [0.2, 0.25) is 5.82 Å². The Kier molecular flexibility index (Phi) is 7.07. The lowest BCUT2D eigenvalue weighted by molar-refractivity contribution is -0.150. The fourth-order valence-corrected chi connectivity index (χ4v) is 2.49. The van der Waals surface area contributed by atoms with E-state index < -0.39 is 54.2 Å². The van der Waals surface area contributed by atoms with Crippen LogP contribution in [0.4, 0.5) is 4.39 Å². The molecule has 12 nitrogen and oxygen atoms in total. The number of rotatable bonds is 8. The molecule has 2 heterocycles. The van der Waals surface area contributed by atoms with E-state index in [1.165, 1.54) is 0 Å². The quantitative estimate of drug-likeness (QED) is 0.174. The molecule has 1 saturated heterocycles.